The number of carbonyl (C=O) groups excluding carboxylic acids is 1. The van der Waals surface area contributed by atoms with E-state index in [1.54, 1.807) is 36.4 Å². The second kappa shape index (κ2) is 13.5. The third kappa shape index (κ3) is 6.81. The van der Waals surface area contributed by atoms with Crippen molar-refractivity contribution in [2.75, 3.05) is 7.11 Å². The van der Waals surface area contributed by atoms with Gasteiger partial charge in [-0.25, -0.2) is 10.4 Å². The summed E-state index contributed by atoms with van der Waals surface area (Å²) in [6.07, 6.45) is 1.47. The fourth-order valence-electron chi connectivity index (χ4n) is 4.64. The minimum atomic E-state index is -0.495. The van der Waals surface area contributed by atoms with Crippen LogP contribution in [0.25, 0.3) is 22.2 Å². The summed E-state index contributed by atoms with van der Waals surface area (Å²) in [5.41, 5.74) is 6.26. The van der Waals surface area contributed by atoms with E-state index in [9.17, 15) is 14.9 Å². The summed E-state index contributed by atoms with van der Waals surface area (Å²) in [5, 5.41) is 16.2. The number of nitro benzene ring substituents is 1. The van der Waals surface area contributed by atoms with Gasteiger partial charge >= 0.3 is 5.69 Å². The molecule has 0 radical (unpaired) electrons. The maximum Gasteiger partial charge on any atom is 0.310 e. The van der Waals surface area contributed by atoms with Crippen molar-refractivity contribution in [2.45, 2.75) is 26.6 Å². The van der Waals surface area contributed by atoms with Crippen LogP contribution in [0.2, 0.25) is 0 Å². The number of ether oxygens (including phenoxy) is 3. The van der Waals surface area contributed by atoms with Crippen molar-refractivity contribution < 1.29 is 23.9 Å². The molecule has 0 bridgehead atoms. The number of hydrazone groups is 1. The molecule has 5 aromatic rings. The van der Waals surface area contributed by atoms with Crippen molar-refractivity contribution in [3.63, 3.8) is 0 Å². The summed E-state index contributed by atoms with van der Waals surface area (Å²) in [5.74, 6) is 0.961. The van der Waals surface area contributed by atoms with Crippen molar-refractivity contribution in [3.8, 4) is 28.5 Å². The molecule has 4 aromatic carbocycles. The number of fused-ring (bicyclic) bond motifs is 1. The highest BCUT2D eigenvalue weighted by Crippen LogP contribution is 2.32. The lowest BCUT2D eigenvalue weighted by Gasteiger charge is -2.15. The molecular formula is C34H30N4O6. The number of benzene rings is 4. The average Bonchev–Trinajstić information content (AvgIpc) is 3.03. The van der Waals surface area contributed by atoms with E-state index in [0.717, 1.165) is 5.56 Å². The first-order valence-corrected chi connectivity index (χ1v) is 13.9. The smallest absolute Gasteiger partial charge is 0.310 e. The first-order chi connectivity index (χ1) is 21.3. The minimum absolute atomic E-state index is 0.0237. The molecule has 10 nitrogen and oxygen atoms in total. The first-order valence-electron chi connectivity index (χ1n) is 13.9. The molecule has 0 aliphatic rings. The molecule has 1 heterocycles. The number of hydrogen-bond donors (Lipinski definition) is 1. The van der Waals surface area contributed by atoms with E-state index in [-0.39, 0.29) is 24.1 Å². The Morgan fingerprint density at radius 3 is 2.45 bits per heavy atom. The molecule has 0 unspecified atom stereocenters. The van der Waals surface area contributed by atoms with E-state index in [4.69, 9.17) is 19.2 Å². The molecule has 1 amide bonds. The van der Waals surface area contributed by atoms with Crippen LogP contribution in [0.15, 0.2) is 102 Å². The third-order valence-electron chi connectivity index (χ3n) is 6.62. The number of aromatic nitrogens is 1. The van der Waals surface area contributed by atoms with Crippen LogP contribution in [-0.2, 0) is 6.61 Å². The van der Waals surface area contributed by atoms with Gasteiger partial charge in [0.05, 0.1) is 41.1 Å². The van der Waals surface area contributed by atoms with Gasteiger partial charge < -0.3 is 14.2 Å². The Bertz CT molecular complexity index is 1850. The molecule has 5 rings (SSSR count). The summed E-state index contributed by atoms with van der Waals surface area (Å²) in [7, 11) is 1.53. The summed E-state index contributed by atoms with van der Waals surface area (Å²) in [6, 6.07) is 28.2. The van der Waals surface area contributed by atoms with Crippen molar-refractivity contribution >= 4 is 28.7 Å². The standard InChI is InChI=1S/C34H30N4O6/c1-22(2)44-32-14-8-5-11-26(32)29-19-27(25-10-4-6-12-28(25)36-29)34(39)37-35-20-23-16-17-31(42-3)24(18-23)21-43-33-15-9-7-13-30(33)38(40)41/h4-20,22H,21H2,1-3H3,(H,37,39). The maximum absolute atomic E-state index is 13.4. The zero-order valence-corrected chi connectivity index (χ0v) is 24.4. The number of hydrogen-bond acceptors (Lipinski definition) is 8. The number of nitro groups is 1. The number of nitrogens with one attached hydrogen (secondary N) is 1. The summed E-state index contributed by atoms with van der Waals surface area (Å²) >= 11 is 0. The first kappa shape index (κ1) is 29.7. The normalized spacial score (nSPS) is 11.1. The molecule has 0 atom stereocenters. The van der Waals surface area contributed by atoms with Crippen LogP contribution >= 0.6 is 0 Å². The molecule has 0 spiro atoms. The van der Waals surface area contributed by atoms with Gasteiger partial charge in [0.25, 0.3) is 5.91 Å². The lowest BCUT2D eigenvalue weighted by molar-refractivity contribution is -0.385. The van der Waals surface area contributed by atoms with E-state index in [1.165, 1.54) is 25.5 Å². The van der Waals surface area contributed by atoms with Gasteiger partial charge in [-0.3, -0.25) is 14.9 Å². The van der Waals surface area contributed by atoms with Crippen LogP contribution in [0.1, 0.15) is 35.3 Å². The molecule has 1 aromatic heterocycles. The van der Waals surface area contributed by atoms with E-state index in [0.29, 0.717) is 44.8 Å². The number of methoxy groups -OCH3 is 1. The van der Waals surface area contributed by atoms with Crippen molar-refractivity contribution in [2.24, 2.45) is 5.10 Å². The van der Waals surface area contributed by atoms with E-state index < -0.39 is 10.8 Å². The summed E-state index contributed by atoms with van der Waals surface area (Å²) in [4.78, 5) is 29.1. The second-order valence-electron chi connectivity index (χ2n) is 10.0. The van der Waals surface area contributed by atoms with Gasteiger partial charge in [-0.15, -0.1) is 0 Å². The molecule has 0 aliphatic carbocycles. The molecule has 1 N–H and O–H groups in total. The number of nitrogens with zero attached hydrogens (tertiary/aromatic N) is 3. The quantitative estimate of drug-likeness (QED) is 0.100. The molecule has 222 valence electrons. The number of pyridine rings is 1. The van der Waals surface area contributed by atoms with Gasteiger partial charge in [0.1, 0.15) is 18.1 Å². The van der Waals surface area contributed by atoms with Crippen LogP contribution in [0.5, 0.6) is 17.2 Å². The Balaban J connectivity index is 1.38. The highest BCUT2D eigenvalue weighted by Gasteiger charge is 2.17. The number of para-hydroxylation sites is 4. The van der Waals surface area contributed by atoms with E-state index in [1.807, 2.05) is 62.4 Å². The molecule has 0 saturated carbocycles. The molecule has 0 fully saturated rings. The lowest BCUT2D eigenvalue weighted by Crippen LogP contribution is -2.18. The average molecular weight is 591 g/mol. The fraction of sp³-hybridized carbons (Fsp3) is 0.147. The van der Waals surface area contributed by atoms with Crippen LogP contribution in [-0.4, -0.2) is 35.2 Å². The van der Waals surface area contributed by atoms with Crippen LogP contribution in [0.3, 0.4) is 0 Å². The predicted octanol–water partition coefficient (Wildman–Crippen LogP) is 6.95. The van der Waals surface area contributed by atoms with Gasteiger partial charge in [-0.1, -0.05) is 42.5 Å². The Morgan fingerprint density at radius 1 is 0.955 bits per heavy atom. The highest BCUT2D eigenvalue weighted by molar-refractivity contribution is 6.07. The zero-order valence-electron chi connectivity index (χ0n) is 24.4. The molecule has 0 aliphatic heterocycles. The Labute approximate surface area is 254 Å². The van der Waals surface area contributed by atoms with Gasteiger partial charge in [0, 0.05) is 22.6 Å². The Kier molecular flexibility index (Phi) is 9.10. The lowest BCUT2D eigenvalue weighted by atomic mass is 10.0. The maximum atomic E-state index is 13.4. The Hall–Kier alpha value is -5.77. The number of rotatable bonds is 11. The van der Waals surface area contributed by atoms with Gasteiger partial charge in [0.15, 0.2) is 5.75 Å². The van der Waals surface area contributed by atoms with Crippen molar-refractivity contribution in [3.05, 3.63) is 124 Å². The highest BCUT2D eigenvalue weighted by atomic mass is 16.6. The molecule has 0 saturated heterocycles. The topological polar surface area (TPSA) is 125 Å². The second-order valence-corrected chi connectivity index (χ2v) is 10.0. The molecule has 44 heavy (non-hydrogen) atoms. The summed E-state index contributed by atoms with van der Waals surface area (Å²) < 4.78 is 17.2. The SMILES string of the molecule is COc1ccc(C=NNC(=O)c2cc(-c3ccccc3OC(C)C)nc3ccccc23)cc1COc1ccccc1[N+](=O)[O-]. The van der Waals surface area contributed by atoms with Crippen molar-refractivity contribution in [1.29, 1.82) is 0 Å². The van der Waals surface area contributed by atoms with Gasteiger partial charge in [-0.2, -0.15) is 5.10 Å². The monoisotopic (exact) mass is 590 g/mol. The molecular weight excluding hydrogens is 560 g/mol. The van der Waals surface area contributed by atoms with Crippen LogP contribution in [0.4, 0.5) is 5.69 Å². The number of amides is 1. The fourth-order valence-corrected chi connectivity index (χ4v) is 4.64. The third-order valence-corrected chi connectivity index (χ3v) is 6.62. The predicted molar refractivity (Wildman–Crippen MR) is 168 cm³/mol. The largest absolute Gasteiger partial charge is 0.496 e. The summed E-state index contributed by atoms with van der Waals surface area (Å²) in [6.45, 7) is 3.93. The van der Waals surface area contributed by atoms with Gasteiger partial charge in [-0.05, 0) is 67.9 Å². The zero-order chi connectivity index (χ0) is 31.1. The van der Waals surface area contributed by atoms with Crippen LogP contribution in [0, 0.1) is 10.1 Å². The van der Waals surface area contributed by atoms with Crippen molar-refractivity contribution in [1.82, 2.24) is 10.4 Å². The Morgan fingerprint density at radius 2 is 1.68 bits per heavy atom. The molecule has 10 heteroatoms. The van der Waals surface area contributed by atoms with Crippen LogP contribution < -0.4 is 19.6 Å². The van der Waals surface area contributed by atoms with E-state index in [2.05, 4.69) is 10.5 Å². The number of carbonyl (C=O) groups is 1. The van der Waals surface area contributed by atoms with E-state index >= 15 is 0 Å². The minimum Gasteiger partial charge on any atom is -0.496 e. The van der Waals surface area contributed by atoms with Gasteiger partial charge in [0.2, 0.25) is 0 Å².